The first-order valence-electron chi connectivity index (χ1n) is 8.00. The molecule has 0 aromatic heterocycles. The molecule has 0 spiro atoms. The molecule has 1 fully saturated rings. The summed E-state index contributed by atoms with van der Waals surface area (Å²) in [5, 5.41) is 3.55. The first-order chi connectivity index (χ1) is 9.90. The first-order valence-corrected chi connectivity index (χ1v) is 8.00. The molecule has 1 aliphatic rings. The number of benzene rings is 1. The van der Waals surface area contributed by atoms with Crippen LogP contribution in [0.1, 0.15) is 52.9 Å². The molecular weight excluding hydrogens is 265 g/mol. The second kappa shape index (κ2) is 6.67. The summed E-state index contributed by atoms with van der Waals surface area (Å²) in [7, 11) is 1.59. The van der Waals surface area contributed by atoms with Crippen LogP contribution in [0.15, 0.2) is 18.2 Å². The van der Waals surface area contributed by atoms with Crippen molar-refractivity contribution in [1.29, 1.82) is 0 Å². The van der Waals surface area contributed by atoms with Crippen molar-refractivity contribution in [3.05, 3.63) is 24.0 Å². The summed E-state index contributed by atoms with van der Waals surface area (Å²) in [6, 6.07) is 5.16. The normalized spacial score (nSPS) is 23.5. The maximum atomic E-state index is 13.3. The number of halogens is 1. The summed E-state index contributed by atoms with van der Waals surface area (Å²) in [6.07, 6.45) is 6.16. The molecule has 118 valence electrons. The Morgan fingerprint density at radius 3 is 2.57 bits per heavy atom. The third-order valence-corrected chi connectivity index (χ3v) is 4.72. The SMILES string of the molecule is COc1cc(F)ccc1NC1CCCC(C(C)(C)C)CC1. The fraction of sp³-hybridized carbons (Fsp3) is 0.667. The summed E-state index contributed by atoms with van der Waals surface area (Å²) < 4.78 is 18.5. The zero-order valence-electron chi connectivity index (χ0n) is 13.7. The van der Waals surface area contributed by atoms with Crippen molar-refractivity contribution in [2.75, 3.05) is 12.4 Å². The molecule has 0 radical (unpaired) electrons. The molecule has 21 heavy (non-hydrogen) atoms. The molecule has 0 amide bonds. The fourth-order valence-electron chi connectivity index (χ4n) is 3.32. The Labute approximate surface area is 128 Å². The second-order valence-corrected chi connectivity index (χ2v) is 7.26. The summed E-state index contributed by atoms with van der Waals surface area (Å²) in [5.41, 5.74) is 1.29. The molecule has 2 rings (SSSR count). The minimum Gasteiger partial charge on any atom is -0.494 e. The van der Waals surface area contributed by atoms with Gasteiger partial charge in [0.25, 0.3) is 0 Å². The van der Waals surface area contributed by atoms with E-state index in [9.17, 15) is 4.39 Å². The van der Waals surface area contributed by atoms with Gasteiger partial charge >= 0.3 is 0 Å². The summed E-state index contributed by atoms with van der Waals surface area (Å²) in [4.78, 5) is 0. The van der Waals surface area contributed by atoms with Crippen LogP contribution in [0.3, 0.4) is 0 Å². The molecule has 0 aliphatic heterocycles. The predicted molar refractivity (Wildman–Crippen MR) is 86.4 cm³/mol. The van der Waals surface area contributed by atoms with Gasteiger partial charge in [0.15, 0.2) is 0 Å². The van der Waals surface area contributed by atoms with Gasteiger partial charge < -0.3 is 10.1 Å². The molecule has 0 saturated heterocycles. The minimum atomic E-state index is -0.258. The van der Waals surface area contributed by atoms with E-state index in [2.05, 4.69) is 26.1 Å². The van der Waals surface area contributed by atoms with Gasteiger partial charge in [-0.15, -0.1) is 0 Å². The smallest absolute Gasteiger partial charge is 0.144 e. The maximum absolute atomic E-state index is 13.3. The average molecular weight is 293 g/mol. The van der Waals surface area contributed by atoms with Crippen LogP contribution in [0.2, 0.25) is 0 Å². The highest BCUT2D eigenvalue weighted by Crippen LogP contribution is 2.38. The highest BCUT2D eigenvalue weighted by molar-refractivity contribution is 5.57. The van der Waals surface area contributed by atoms with Crippen LogP contribution in [-0.4, -0.2) is 13.2 Å². The molecule has 0 bridgehead atoms. The largest absolute Gasteiger partial charge is 0.494 e. The fourth-order valence-corrected chi connectivity index (χ4v) is 3.32. The van der Waals surface area contributed by atoms with Gasteiger partial charge in [0.05, 0.1) is 12.8 Å². The van der Waals surface area contributed by atoms with Gasteiger partial charge in [-0.1, -0.05) is 27.2 Å². The Morgan fingerprint density at radius 1 is 1.14 bits per heavy atom. The zero-order chi connectivity index (χ0) is 15.5. The summed E-state index contributed by atoms with van der Waals surface area (Å²) in [5.74, 6) is 1.12. The van der Waals surface area contributed by atoms with Crippen molar-refractivity contribution in [3.63, 3.8) is 0 Å². The predicted octanol–water partition coefficient (Wildman–Crippen LogP) is 5.24. The Kier molecular flexibility index (Phi) is 5.13. The van der Waals surface area contributed by atoms with E-state index in [4.69, 9.17) is 4.74 Å². The Balaban J connectivity index is 2.01. The highest BCUT2D eigenvalue weighted by Gasteiger charge is 2.27. The monoisotopic (exact) mass is 293 g/mol. The van der Waals surface area contributed by atoms with Crippen LogP contribution in [0, 0.1) is 17.2 Å². The lowest BCUT2D eigenvalue weighted by atomic mass is 9.76. The van der Waals surface area contributed by atoms with E-state index in [0.29, 0.717) is 17.2 Å². The Morgan fingerprint density at radius 2 is 1.90 bits per heavy atom. The number of hydrogen-bond donors (Lipinski definition) is 1. The zero-order valence-corrected chi connectivity index (χ0v) is 13.7. The van der Waals surface area contributed by atoms with Crippen molar-refractivity contribution >= 4 is 5.69 Å². The quantitative estimate of drug-likeness (QED) is 0.769. The van der Waals surface area contributed by atoms with Crippen LogP contribution >= 0.6 is 0 Å². The lowest BCUT2D eigenvalue weighted by Crippen LogP contribution is -2.21. The highest BCUT2D eigenvalue weighted by atomic mass is 19.1. The van der Waals surface area contributed by atoms with E-state index in [-0.39, 0.29) is 5.82 Å². The van der Waals surface area contributed by atoms with Crippen LogP contribution in [-0.2, 0) is 0 Å². The number of ether oxygens (including phenoxy) is 1. The maximum Gasteiger partial charge on any atom is 0.144 e. The number of anilines is 1. The second-order valence-electron chi connectivity index (χ2n) is 7.26. The molecule has 1 aliphatic carbocycles. The third kappa shape index (κ3) is 4.36. The first kappa shape index (κ1) is 16.1. The van der Waals surface area contributed by atoms with Crippen LogP contribution < -0.4 is 10.1 Å². The molecular formula is C18H28FNO. The number of methoxy groups -OCH3 is 1. The van der Waals surface area contributed by atoms with Crippen LogP contribution in [0.5, 0.6) is 5.75 Å². The minimum absolute atomic E-state index is 0.258. The Hall–Kier alpha value is -1.25. The molecule has 1 N–H and O–H groups in total. The van der Waals surface area contributed by atoms with E-state index < -0.39 is 0 Å². The van der Waals surface area contributed by atoms with Crippen molar-refractivity contribution in [2.24, 2.45) is 11.3 Å². The van der Waals surface area contributed by atoms with Gasteiger partial charge in [-0.05, 0) is 49.1 Å². The van der Waals surface area contributed by atoms with Crippen molar-refractivity contribution in [1.82, 2.24) is 0 Å². The van der Waals surface area contributed by atoms with Gasteiger partial charge in [-0.3, -0.25) is 0 Å². The molecule has 2 nitrogen and oxygen atoms in total. The number of nitrogens with one attached hydrogen (secondary N) is 1. The van der Waals surface area contributed by atoms with E-state index in [1.807, 2.05) is 0 Å². The standard InChI is InChI=1S/C18H28FNO/c1-18(2,3)13-6-5-7-15(10-8-13)20-16-11-9-14(19)12-17(16)21-4/h9,11-13,15,20H,5-8,10H2,1-4H3. The van der Waals surface area contributed by atoms with Gasteiger partial charge in [0.2, 0.25) is 0 Å². The van der Waals surface area contributed by atoms with Crippen molar-refractivity contribution < 1.29 is 9.13 Å². The van der Waals surface area contributed by atoms with E-state index >= 15 is 0 Å². The number of rotatable bonds is 3. The van der Waals surface area contributed by atoms with Gasteiger partial charge in [-0.25, -0.2) is 4.39 Å². The van der Waals surface area contributed by atoms with Crippen LogP contribution in [0.25, 0.3) is 0 Å². The lowest BCUT2D eigenvalue weighted by Gasteiger charge is -2.29. The molecule has 3 heteroatoms. The van der Waals surface area contributed by atoms with E-state index in [1.54, 1.807) is 13.2 Å². The van der Waals surface area contributed by atoms with E-state index in [0.717, 1.165) is 11.6 Å². The van der Waals surface area contributed by atoms with Crippen molar-refractivity contribution in [2.45, 2.75) is 58.9 Å². The van der Waals surface area contributed by atoms with Gasteiger partial charge in [0, 0.05) is 12.1 Å². The molecule has 1 aromatic rings. The molecule has 2 unspecified atom stereocenters. The third-order valence-electron chi connectivity index (χ3n) is 4.72. The topological polar surface area (TPSA) is 21.3 Å². The van der Waals surface area contributed by atoms with Gasteiger partial charge in [0.1, 0.15) is 11.6 Å². The average Bonchev–Trinajstić information content (AvgIpc) is 2.66. The van der Waals surface area contributed by atoms with Gasteiger partial charge in [-0.2, -0.15) is 0 Å². The molecule has 1 saturated carbocycles. The molecule has 0 heterocycles. The van der Waals surface area contributed by atoms with Crippen molar-refractivity contribution in [3.8, 4) is 5.75 Å². The summed E-state index contributed by atoms with van der Waals surface area (Å²) in [6.45, 7) is 7.03. The van der Waals surface area contributed by atoms with E-state index in [1.165, 1.54) is 44.2 Å². The van der Waals surface area contributed by atoms with Crippen LogP contribution in [0.4, 0.5) is 10.1 Å². The number of hydrogen-bond acceptors (Lipinski definition) is 2. The molecule has 1 aromatic carbocycles. The lowest BCUT2D eigenvalue weighted by molar-refractivity contribution is 0.214. The summed E-state index contributed by atoms with van der Waals surface area (Å²) >= 11 is 0. The molecule has 2 atom stereocenters. The Bertz CT molecular complexity index is 467.